The first-order valence-corrected chi connectivity index (χ1v) is 6.20. The molecule has 0 radical (unpaired) electrons. The number of carbonyl (C=O) groups excluding carboxylic acids is 2. The summed E-state index contributed by atoms with van der Waals surface area (Å²) in [4.78, 5) is 37.2. The van der Waals surface area contributed by atoms with E-state index in [2.05, 4.69) is 4.74 Å². The second-order valence-corrected chi connectivity index (χ2v) is 4.78. The van der Waals surface area contributed by atoms with Crippen molar-refractivity contribution in [3.8, 4) is 0 Å². The van der Waals surface area contributed by atoms with Crippen LogP contribution in [0.15, 0.2) is 0 Å². The Morgan fingerprint density at radius 2 is 2.11 bits per heavy atom. The van der Waals surface area contributed by atoms with Crippen molar-refractivity contribution < 1.29 is 24.2 Å². The van der Waals surface area contributed by atoms with Crippen LogP contribution in [0.25, 0.3) is 0 Å². The maximum absolute atomic E-state index is 12.1. The van der Waals surface area contributed by atoms with E-state index in [-0.39, 0.29) is 12.6 Å². The molecular formula is C12H20N2O5. The topological polar surface area (TPSA) is 87.2 Å². The summed E-state index contributed by atoms with van der Waals surface area (Å²) in [6.45, 7) is 2.30. The van der Waals surface area contributed by atoms with E-state index < -0.39 is 23.9 Å². The van der Waals surface area contributed by atoms with Crippen molar-refractivity contribution in [2.45, 2.75) is 25.8 Å². The molecule has 0 aromatic carbocycles. The van der Waals surface area contributed by atoms with Gasteiger partial charge in [0.1, 0.15) is 6.04 Å². The van der Waals surface area contributed by atoms with Crippen molar-refractivity contribution in [2.24, 2.45) is 5.92 Å². The fourth-order valence-electron chi connectivity index (χ4n) is 2.24. The molecule has 1 rings (SSSR count). The number of aliphatic carboxylic acids is 1. The van der Waals surface area contributed by atoms with Gasteiger partial charge in [0.25, 0.3) is 0 Å². The maximum atomic E-state index is 12.1. The van der Waals surface area contributed by atoms with Crippen LogP contribution in [0, 0.1) is 5.92 Å². The molecule has 0 spiro atoms. The highest BCUT2D eigenvalue weighted by Crippen LogP contribution is 2.19. The minimum Gasteiger partial charge on any atom is -0.480 e. The zero-order valence-electron chi connectivity index (χ0n) is 11.5. The van der Waals surface area contributed by atoms with Crippen molar-refractivity contribution >= 4 is 18.0 Å². The van der Waals surface area contributed by atoms with Crippen LogP contribution in [-0.2, 0) is 14.3 Å². The molecule has 1 unspecified atom stereocenters. The molecule has 0 aliphatic carbocycles. The third kappa shape index (κ3) is 3.59. The number of rotatable bonds is 4. The molecule has 0 aromatic rings. The number of carboxylic acids is 1. The minimum absolute atomic E-state index is 0.203. The summed E-state index contributed by atoms with van der Waals surface area (Å²) in [6.07, 6.45) is 1.16. The van der Waals surface area contributed by atoms with Gasteiger partial charge in [-0.15, -0.1) is 0 Å². The van der Waals surface area contributed by atoms with Crippen molar-refractivity contribution in [2.75, 3.05) is 27.2 Å². The fraction of sp³-hybridized carbons (Fsp3) is 0.750. The van der Waals surface area contributed by atoms with Gasteiger partial charge in [-0.3, -0.25) is 4.79 Å². The predicted molar refractivity (Wildman–Crippen MR) is 66.6 cm³/mol. The standard InChI is InChI=1S/C12H20N2O5/c1-8(11(17)19-3)7-13(2)12(18)14-6-4-5-9(14)10(15)16/h8-9H,4-7H2,1-3H3,(H,15,16)/t8?,9-/m0/s1. The summed E-state index contributed by atoms with van der Waals surface area (Å²) in [7, 11) is 2.85. The van der Waals surface area contributed by atoms with Gasteiger partial charge >= 0.3 is 18.0 Å². The van der Waals surface area contributed by atoms with Crippen molar-refractivity contribution in [3.63, 3.8) is 0 Å². The minimum atomic E-state index is -0.986. The molecule has 0 aromatic heterocycles. The van der Waals surface area contributed by atoms with Crippen LogP contribution in [0.5, 0.6) is 0 Å². The summed E-state index contributed by atoms with van der Waals surface area (Å²) in [5, 5.41) is 9.04. The smallest absolute Gasteiger partial charge is 0.326 e. The molecule has 1 heterocycles. The van der Waals surface area contributed by atoms with Gasteiger partial charge in [-0.25, -0.2) is 9.59 Å². The van der Waals surface area contributed by atoms with Gasteiger partial charge < -0.3 is 19.6 Å². The molecule has 7 heteroatoms. The highest BCUT2D eigenvalue weighted by Gasteiger charge is 2.35. The average Bonchev–Trinajstić information content (AvgIpc) is 2.85. The Labute approximate surface area is 112 Å². The molecule has 1 N–H and O–H groups in total. The molecule has 1 aliphatic rings. The zero-order chi connectivity index (χ0) is 14.6. The number of esters is 1. The Kier molecular flexibility index (Phi) is 5.14. The van der Waals surface area contributed by atoms with E-state index in [4.69, 9.17) is 5.11 Å². The number of nitrogens with zero attached hydrogens (tertiary/aromatic N) is 2. The third-order valence-electron chi connectivity index (χ3n) is 3.26. The van der Waals surface area contributed by atoms with E-state index in [1.807, 2.05) is 0 Å². The highest BCUT2D eigenvalue weighted by atomic mass is 16.5. The number of carboxylic acid groups (broad SMARTS) is 1. The molecule has 7 nitrogen and oxygen atoms in total. The van der Waals surface area contributed by atoms with E-state index in [1.165, 1.54) is 16.9 Å². The first-order valence-electron chi connectivity index (χ1n) is 6.20. The summed E-state index contributed by atoms with van der Waals surface area (Å²) >= 11 is 0. The number of amides is 2. The van der Waals surface area contributed by atoms with Gasteiger partial charge in [0, 0.05) is 20.1 Å². The summed E-state index contributed by atoms with van der Waals surface area (Å²) in [5.74, 6) is -1.82. The van der Waals surface area contributed by atoms with Gasteiger partial charge in [0.15, 0.2) is 0 Å². The SMILES string of the molecule is COC(=O)C(C)CN(C)C(=O)N1CCC[C@H]1C(=O)O. The van der Waals surface area contributed by atoms with Crippen LogP contribution in [0.1, 0.15) is 19.8 Å². The molecule has 108 valence electrons. The number of urea groups is 1. The number of hydrogen-bond donors (Lipinski definition) is 1. The lowest BCUT2D eigenvalue weighted by Crippen LogP contribution is -2.48. The Bertz CT molecular complexity index is 371. The predicted octanol–water partition coefficient (Wildman–Crippen LogP) is 0.396. The molecular weight excluding hydrogens is 252 g/mol. The number of methoxy groups -OCH3 is 1. The zero-order valence-corrected chi connectivity index (χ0v) is 11.5. The number of likely N-dealkylation sites (tertiary alicyclic amines) is 1. The van der Waals surface area contributed by atoms with Crippen LogP contribution in [0.2, 0.25) is 0 Å². The van der Waals surface area contributed by atoms with Crippen LogP contribution in [0.3, 0.4) is 0 Å². The van der Waals surface area contributed by atoms with Gasteiger partial charge in [0.2, 0.25) is 0 Å². The van der Waals surface area contributed by atoms with E-state index in [0.717, 1.165) is 0 Å². The molecule has 1 saturated heterocycles. The molecule has 2 atom stereocenters. The van der Waals surface area contributed by atoms with Crippen molar-refractivity contribution in [1.82, 2.24) is 9.80 Å². The lowest BCUT2D eigenvalue weighted by Gasteiger charge is -2.28. The molecule has 19 heavy (non-hydrogen) atoms. The van der Waals surface area contributed by atoms with E-state index in [9.17, 15) is 14.4 Å². The number of hydrogen-bond acceptors (Lipinski definition) is 4. The quantitative estimate of drug-likeness (QED) is 0.748. The van der Waals surface area contributed by atoms with E-state index in [0.29, 0.717) is 19.4 Å². The lowest BCUT2D eigenvalue weighted by atomic mass is 10.2. The molecule has 0 saturated carbocycles. The van der Waals surface area contributed by atoms with E-state index in [1.54, 1.807) is 14.0 Å². The second-order valence-electron chi connectivity index (χ2n) is 4.78. The van der Waals surface area contributed by atoms with Crippen LogP contribution in [0.4, 0.5) is 4.79 Å². The molecule has 1 aliphatic heterocycles. The second kappa shape index (κ2) is 6.40. The van der Waals surface area contributed by atoms with Crippen molar-refractivity contribution in [1.29, 1.82) is 0 Å². The largest absolute Gasteiger partial charge is 0.480 e. The lowest BCUT2D eigenvalue weighted by molar-refractivity contribution is -0.145. The first-order chi connectivity index (χ1) is 8.88. The third-order valence-corrected chi connectivity index (χ3v) is 3.26. The Balaban J connectivity index is 2.61. The van der Waals surface area contributed by atoms with Crippen LogP contribution >= 0.6 is 0 Å². The summed E-state index contributed by atoms with van der Waals surface area (Å²) in [5.41, 5.74) is 0. The number of ether oxygens (including phenoxy) is 1. The van der Waals surface area contributed by atoms with E-state index >= 15 is 0 Å². The molecule has 1 fully saturated rings. The molecule has 2 amide bonds. The first kappa shape index (κ1) is 15.3. The van der Waals surface area contributed by atoms with Crippen LogP contribution < -0.4 is 0 Å². The van der Waals surface area contributed by atoms with Gasteiger partial charge in [-0.05, 0) is 12.8 Å². The van der Waals surface area contributed by atoms with Gasteiger partial charge in [-0.2, -0.15) is 0 Å². The Hall–Kier alpha value is -1.79. The monoisotopic (exact) mass is 272 g/mol. The normalized spacial score (nSPS) is 19.9. The summed E-state index contributed by atoms with van der Waals surface area (Å²) < 4.78 is 4.59. The fourth-order valence-corrected chi connectivity index (χ4v) is 2.24. The van der Waals surface area contributed by atoms with Gasteiger partial charge in [-0.1, -0.05) is 6.92 Å². The maximum Gasteiger partial charge on any atom is 0.326 e. The number of carbonyl (C=O) groups is 3. The summed E-state index contributed by atoms with van der Waals surface area (Å²) in [6, 6.07) is -1.12. The highest BCUT2D eigenvalue weighted by molar-refractivity contribution is 5.83. The van der Waals surface area contributed by atoms with Gasteiger partial charge in [0.05, 0.1) is 13.0 Å². The molecule has 0 bridgehead atoms. The van der Waals surface area contributed by atoms with Crippen molar-refractivity contribution in [3.05, 3.63) is 0 Å². The Morgan fingerprint density at radius 1 is 1.47 bits per heavy atom. The average molecular weight is 272 g/mol. The Morgan fingerprint density at radius 3 is 2.63 bits per heavy atom. The van der Waals surface area contributed by atoms with Crippen LogP contribution in [-0.4, -0.2) is 66.2 Å².